The Morgan fingerprint density at radius 1 is 0.553 bits per heavy atom. The van der Waals surface area contributed by atoms with Crippen LogP contribution >= 0.6 is 11.3 Å². The van der Waals surface area contributed by atoms with Crippen molar-refractivity contribution in [3.8, 4) is 28.2 Å². The highest BCUT2D eigenvalue weighted by Gasteiger charge is 2.19. The number of aromatic nitrogens is 3. The molecule has 0 bridgehead atoms. The Bertz CT molecular complexity index is 2110. The minimum Gasteiger partial charge on any atom is -0.307 e. The van der Waals surface area contributed by atoms with Crippen LogP contribution in [0, 0.1) is 0 Å². The number of benzene rings is 4. The number of pyridine rings is 2. The molecule has 0 unspecified atom stereocenters. The third-order valence-electron chi connectivity index (χ3n) is 7.27. The van der Waals surface area contributed by atoms with Crippen molar-refractivity contribution >= 4 is 53.4 Å². The van der Waals surface area contributed by atoms with Gasteiger partial charge in [-0.1, -0.05) is 66.7 Å². The number of nitrogens with zero attached hydrogens (tertiary/aromatic N) is 3. The van der Waals surface area contributed by atoms with Crippen molar-refractivity contribution in [1.29, 1.82) is 0 Å². The summed E-state index contributed by atoms with van der Waals surface area (Å²) < 4.78 is 4.97. The molecular weight excluding hydrogens is 482 g/mol. The van der Waals surface area contributed by atoms with Crippen LogP contribution in [-0.2, 0) is 0 Å². The third kappa shape index (κ3) is 3.21. The summed E-state index contributed by atoms with van der Waals surface area (Å²) in [5.74, 6) is 0. The van der Waals surface area contributed by atoms with Crippen LogP contribution in [0.15, 0.2) is 128 Å². The molecule has 0 fully saturated rings. The lowest BCUT2D eigenvalue weighted by atomic mass is 10.1. The van der Waals surface area contributed by atoms with Gasteiger partial charge in [-0.3, -0.25) is 4.98 Å². The average molecular weight is 504 g/mol. The summed E-state index contributed by atoms with van der Waals surface area (Å²) in [4.78, 5) is 9.76. The molecule has 0 atom stereocenters. The smallest absolute Gasteiger partial charge is 0.0971 e. The SMILES string of the molecule is c1ccc(-c2ccc3c(n2)c2ccc4sc5ccccc5c4c2n3-c2ccc(-c3ccccn3)cc2)cc1. The van der Waals surface area contributed by atoms with Gasteiger partial charge < -0.3 is 4.57 Å². The third-order valence-corrected chi connectivity index (χ3v) is 8.40. The van der Waals surface area contributed by atoms with E-state index in [1.54, 1.807) is 0 Å². The van der Waals surface area contributed by atoms with Crippen molar-refractivity contribution in [1.82, 2.24) is 14.5 Å². The fourth-order valence-corrected chi connectivity index (χ4v) is 6.63. The quantitative estimate of drug-likeness (QED) is 0.240. The standard InChI is InChI=1S/C34H21N3S/c1-2-8-22(9-3-1)28-18-19-29-33(36-28)26-17-20-31-32(25-10-4-5-12-30(25)38-31)34(26)37(29)24-15-13-23(14-16-24)27-11-6-7-21-35-27/h1-21H. The molecule has 4 heterocycles. The highest BCUT2D eigenvalue weighted by Crippen LogP contribution is 2.43. The summed E-state index contributed by atoms with van der Waals surface area (Å²) in [7, 11) is 0. The van der Waals surface area contributed by atoms with Crippen LogP contribution < -0.4 is 0 Å². The molecule has 0 N–H and O–H groups in total. The van der Waals surface area contributed by atoms with Gasteiger partial charge in [0.15, 0.2) is 0 Å². The Labute approximate surface area is 223 Å². The van der Waals surface area contributed by atoms with Gasteiger partial charge in [0, 0.05) is 48.6 Å². The molecule has 0 aliphatic rings. The molecule has 4 heteroatoms. The number of hydrogen-bond acceptors (Lipinski definition) is 3. The summed E-state index contributed by atoms with van der Waals surface area (Å²) >= 11 is 1.85. The van der Waals surface area contributed by atoms with Crippen LogP contribution in [0.4, 0.5) is 0 Å². The Morgan fingerprint density at radius 2 is 1.34 bits per heavy atom. The fourth-order valence-electron chi connectivity index (χ4n) is 5.53. The molecule has 0 radical (unpaired) electrons. The van der Waals surface area contributed by atoms with E-state index in [2.05, 4.69) is 107 Å². The first-order valence-corrected chi connectivity index (χ1v) is 13.5. The second-order valence-corrected chi connectivity index (χ2v) is 10.5. The first-order chi connectivity index (χ1) is 18.8. The van der Waals surface area contributed by atoms with Crippen molar-refractivity contribution in [3.05, 3.63) is 128 Å². The number of thiophene rings is 1. The van der Waals surface area contributed by atoms with Crippen molar-refractivity contribution in [3.63, 3.8) is 0 Å². The second kappa shape index (κ2) is 8.37. The van der Waals surface area contributed by atoms with Crippen LogP contribution in [0.1, 0.15) is 0 Å². The van der Waals surface area contributed by atoms with E-state index in [9.17, 15) is 0 Å². The van der Waals surface area contributed by atoms with Gasteiger partial charge in [0.25, 0.3) is 0 Å². The first-order valence-electron chi connectivity index (χ1n) is 12.7. The summed E-state index contributed by atoms with van der Waals surface area (Å²) in [6, 6.07) is 42.7. The lowest BCUT2D eigenvalue weighted by molar-refractivity contribution is 1.18. The minimum atomic E-state index is 0.974. The molecule has 0 amide bonds. The Morgan fingerprint density at radius 3 is 2.18 bits per heavy atom. The molecule has 4 aromatic carbocycles. The predicted octanol–water partition coefficient (Wildman–Crippen LogP) is 9.28. The zero-order valence-electron chi connectivity index (χ0n) is 20.4. The van der Waals surface area contributed by atoms with Gasteiger partial charge >= 0.3 is 0 Å². The van der Waals surface area contributed by atoms with Gasteiger partial charge in [0.05, 0.1) is 27.9 Å². The first kappa shape index (κ1) is 21.3. The highest BCUT2D eigenvalue weighted by atomic mass is 32.1. The van der Waals surface area contributed by atoms with Gasteiger partial charge in [0.2, 0.25) is 0 Å². The van der Waals surface area contributed by atoms with Gasteiger partial charge in [0.1, 0.15) is 0 Å². The maximum Gasteiger partial charge on any atom is 0.0971 e. The van der Waals surface area contributed by atoms with E-state index in [1.165, 1.54) is 31.1 Å². The number of hydrogen-bond donors (Lipinski definition) is 0. The van der Waals surface area contributed by atoms with Gasteiger partial charge in [-0.2, -0.15) is 0 Å². The molecule has 0 aliphatic heterocycles. The molecule has 0 spiro atoms. The zero-order valence-corrected chi connectivity index (χ0v) is 21.2. The summed E-state index contributed by atoms with van der Waals surface area (Å²) in [5.41, 5.74) is 8.63. The summed E-state index contributed by atoms with van der Waals surface area (Å²) in [6.07, 6.45) is 1.84. The minimum absolute atomic E-state index is 0.974. The predicted molar refractivity (Wildman–Crippen MR) is 160 cm³/mol. The second-order valence-electron chi connectivity index (χ2n) is 9.46. The molecule has 4 aromatic heterocycles. The van der Waals surface area contributed by atoms with Crippen molar-refractivity contribution in [2.45, 2.75) is 0 Å². The normalized spacial score (nSPS) is 11.7. The van der Waals surface area contributed by atoms with E-state index in [0.717, 1.165) is 39.2 Å². The van der Waals surface area contributed by atoms with Gasteiger partial charge in [-0.05, 0) is 54.6 Å². The molecule has 3 nitrogen and oxygen atoms in total. The molecule has 0 saturated carbocycles. The topological polar surface area (TPSA) is 30.7 Å². The van der Waals surface area contributed by atoms with E-state index >= 15 is 0 Å². The molecule has 0 saturated heterocycles. The highest BCUT2D eigenvalue weighted by molar-refractivity contribution is 7.26. The van der Waals surface area contributed by atoms with Gasteiger partial charge in [-0.25, -0.2) is 4.98 Å². The largest absolute Gasteiger partial charge is 0.307 e. The number of fused-ring (bicyclic) bond motifs is 7. The molecule has 38 heavy (non-hydrogen) atoms. The van der Waals surface area contributed by atoms with Crippen LogP contribution in [-0.4, -0.2) is 14.5 Å². The van der Waals surface area contributed by atoms with E-state index in [-0.39, 0.29) is 0 Å². The van der Waals surface area contributed by atoms with Crippen molar-refractivity contribution in [2.24, 2.45) is 0 Å². The van der Waals surface area contributed by atoms with Gasteiger partial charge in [-0.15, -0.1) is 11.3 Å². The van der Waals surface area contributed by atoms with Crippen molar-refractivity contribution < 1.29 is 0 Å². The fraction of sp³-hybridized carbons (Fsp3) is 0. The number of rotatable bonds is 3. The van der Waals surface area contributed by atoms with Crippen LogP contribution in [0.2, 0.25) is 0 Å². The zero-order chi connectivity index (χ0) is 25.1. The molecule has 8 aromatic rings. The lowest BCUT2D eigenvalue weighted by Gasteiger charge is -2.10. The Balaban J connectivity index is 1.46. The monoisotopic (exact) mass is 503 g/mol. The summed E-state index contributed by atoms with van der Waals surface area (Å²) in [6.45, 7) is 0. The Hall–Kier alpha value is -4.80. The summed E-state index contributed by atoms with van der Waals surface area (Å²) in [5, 5.41) is 3.74. The average Bonchev–Trinajstić information content (AvgIpc) is 3.53. The van der Waals surface area contributed by atoms with E-state index < -0.39 is 0 Å². The van der Waals surface area contributed by atoms with Crippen LogP contribution in [0.25, 0.3) is 70.3 Å². The Kier molecular flexibility index (Phi) is 4.69. The van der Waals surface area contributed by atoms with Crippen LogP contribution in [0.5, 0.6) is 0 Å². The van der Waals surface area contributed by atoms with E-state index in [1.807, 2.05) is 41.8 Å². The maximum absolute atomic E-state index is 5.23. The molecular formula is C34H21N3S. The molecule has 8 rings (SSSR count). The van der Waals surface area contributed by atoms with E-state index in [0.29, 0.717) is 0 Å². The molecule has 178 valence electrons. The van der Waals surface area contributed by atoms with Crippen LogP contribution in [0.3, 0.4) is 0 Å². The van der Waals surface area contributed by atoms with E-state index in [4.69, 9.17) is 4.98 Å². The van der Waals surface area contributed by atoms with Crippen molar-refractivity contribution in [2.75, 3.05) is 0 Å². The molecule has 0 aliphatic carbocycles. The maximum atomic E-state index is 5.23. The lowest BCUT2D eigenvalue weighted by Crippen LogP contribution is -1.95.